The van der Waals surface area contributed by atoms with Gasteiger partial charge < -0.3 is 9.80 Å². The van der Waals surface area contributed by atoms with Crippen LogP contribution in [0, 0.1) is 5.92 Å². The van der Waals surface area contributed by atoms with Crippen LogP contribution >= 0.6 is 23.2 Å². The SMILES string of the molecule is CC(=O)N1CCC(CC(=O)N2C[C@@H](C)N(C(c3ccc(Cl)cc3)c3ccc(Cl)cc3)C[C@@H]2C)CC1.S=S=S=S=S=S=S=S=S=S=S=S=S=S=S=S=S=S=S=S=S=S=S=S=S=S=S=S=S=S=S=S=S=S=S=S=S=S=S=S=S=S=S=S=S=S=S=S=S=S=S=S=S=S=S=S=S=S=S=S=S=S. The van der Waals surface area contributed by atoms with E-state index < -0.39 is 0 Å². The average Bonchev–Trinajstić information content (AvgIpc) is 0.788. The molecule has 5 nitrogen and oxygen atoms in total. The highest BCUT2D eigenvalue weighted by atomic mass is 35.5. The molecule has 0 saturated carbocycles. The maximum Gasteiger partial charge on any atom is 0.223 e. The van der Waals surface area contributed by atoms with Crippen LogP contribution < -0.4 is 0 Å². The number of rotatable bonds is 5. The van der Waals surface area contributed by atoms with Crippen molar-refractivity contribution in [1.82, 2.24) is 14.7 Å². The fraction of sp³-hybridized carbons (Fsp3) is 0.500. The van der Waals surface area contributed by atoms with Crippen molar-refractivity contribution in [2.75, 3.05) is 26.2 Å². The van der Waals surface area contributed by atoms with E-state index in [0.29, 0.717) is 18.9 Å². The molecule has 2 amide bonds. The zero-order valence-corrected chi connectivity index (χ0v) is 98.2. The topological polar surface area (TPSA) is 43.9 Å². The molecular formula is C28H35Cl2N3O2S62. The van der Waals surface area contributed by atoms with E-state index in [1.807, 2.05) is 438 Å². The van der Waals surface area contributed by atoms with Crippen LogP contribution in [0.25, 0.3) is 0 Å². The minimum atomic E-state index is 0.0511. The lowest BCUT2D eigenvalue weighted by molar-refractivity contribution is -0.139. The quantitative estimate of drug-likeness (QED) is 0.396. The predicted molar refractivity (Wildman–Crippen MR) is 598 cm³/mol. The van der Waals surface area contributed by atoms with Crippen molar-refractivity contribution >= 4 is 590 Å². The molecule has 97 heavy (non-hydrogen) atoms. The number of hydrogen-bond acceptors (Lipinski definition) is 5. The molecule has 560 valence electrons. The lowest BCUT2D eigenvalue weighted by Gasteiger charge is -2.48. The highest BCUT2D eigenvalue weighted by Gasteiger charge is 2.37. The third-order valence-corrected chi connectivity index (χ3v) is 141. The second-order valence-electron chi connectivity index (χ2n) is 14.2. The van der Waals surface area contributed by atoms with Crippen LogP contribution in [-0.2, 0) is 565 Å². The molecule has 0 N–H and O–H groups in total. The van der Waals surface area contributed by atoms with Gasteiger partial charge in [-0.3, -0.25) is 14.5 Å². The van der Waals surface area contributed by atoms with Crippen LogP contribution in [0.3, 0.4) is 0 Å². The van der Waals surface area contributed by atoms with Gasteiger partial charge in [0, 0.05) is 617 Å². The molecule has 0 spiro atoms. The molecule has 2 aromatic carbocycles. The summed E-state index contributed by atoms with van der Waals surface area (Å²) in [6.45, 7) is 8.98. The van der Waals surface area contributed by atoms with E-state index in [-0.39, 0.29) is 29.9 Å². The number of hydrogen-bond donors (Lipinski definition) is 0. The monoisotopic (exact) mass is 2500 g/mol. The fourth-order valence-corrected chi connectivity index (χ4v) is 166. The number of halogens is 2. The first-order chi connectivity index (χ1) is 47.6. The zero-order valence-electron chi connectivity index (χ0n) is 46.1. The van der Waals surface area contributed by atoms with Crippen molar-refractivity contribution in [1.29, 1.82) is 0 Å². The Hall–Kier alpha value is 11.6. The number of piperazine rings is 1. The minimum absolute atomic E-state index is 0.0511. The van der Waals surface area contributed by atoms with Crippen LogP contribution in [0.4, 0.5) is 0 Å². The Labute approximate surface area is 755 Å². The molecule has 0 aliphatic carbocycles. The van der Waals surface area contributed by atoms with Gasteiger partial charge in [0.05, 0.1) is 6.04 Å². The van der Waals surface area contributed by atoms with Crippen molar-refractivity contribution in [3.63, 3.8) is 0 Å². The van der Waals surface area contributed by atoms with Crippen molar-refractivity contribution in [2.24, 2.45) is 5.92 Å². The van der Waals surface area contributed by atoms with Gasteiger partial charge in [0.25, 0.3) is 0 Å². The number of likely N-dealkylation sites (tertiary alicyclic amines) is 1. The summed E-state index contributed by atoms with van der Waals surface area (Å²) in [5.41, 5.74) is 2.35. The van der Waals surface area contributed by atoms with Crippen LogP contribution in [0.2, 0.25) is 10.0 Å². The lowest BCUT2D eigenvalue weighted by Crippen LogP contribution is -2.59. The van der Waals surface area contributed by atoms with Gasteiger partial charge in [0.1, 0.15) is 0 Å². The second kappa shape index (κ2) is 77.5. The first kappa shape index (κ1) is 103. The number of piperidine rings is 1. The first-order valence-corrected chi connectivity index (χ1v) is 105. The molecule has 2 aliphatic rings. The summed E-state index contributed by atoms with van der Waals surface area (Å²) in [5, 5.41) is 1.43. The van der Waals surface area contributed by atoms with Gasteiger partial charge in [-0.15, -0.1) is 0 Å². The third kappa shape index (κ3) is 60.7. The van der Waals surface area contributed by atoms with Gasteiger partial charge in [-0.2, -0.15) is 0 Å². The number of carbonyl (C=O) groups excluding carboxylic acids is 2. The van der Waals surface area contributed by atoms with E-state index >= 15 is 0 Å². The molecule has 0 unspecified atom stereocenters. The molecule has 0 bridgehead atoms. The molecule has 2 atom stereocenters. The predicted octanol–water partition coefficient (Wildman–Crippen LogP) is 5.50. The zero-order chi connectivity index (χ0) is 69.5. The molecule has 2 heterocycles. The number of carbonyl (C=O) groups is 2. The Morgan fingerprint density at radius 1 is 0.361 bits per heavy atom. The lowest BCUT2D eigenvalue weighted by atomic mass is 9.91. The van der Waals surface area contributed by atoms with Crippen molar-refractivity contribution < 1.29 is 9.59 Å². The molecule has 2 saturated heterocycles. The summed E-state index contributed by atoms with van der Waals surface area (Å²) < 4.78 is 0. The molecule has 0 radical (unpaired) electrons. The van der Waals surface area contributed by atoms with Gasteiger partial charge in [-0.25, -0.2) is 0 Å². The van der Waals surface area contributed by atoms with Crippen LogP contribution in [-0.4, -0.2) is 64.8 Å². The molecule has 2 fully saturated rings. The summed E-state index contributed by atoms with van der Waals surface area (Å²) in [6, 6.07) is 16.4. The maximum absolute atomic E-state index is 13.3. The van der Waals surface area contributed by atoms with E-state index in [1.54, 1.807) is 113 Å². The van der Waals surface area contributed by atoms with Crippen molar-refractivity contribution in [3.05, 3.63) is 69.7 Å². The van der Waals surface area contributed by atoms with Gasteiger partial charge in [-0.1, -0.05) is 47.5 Å². The van der Waals surface area contributed by atoms with Crippen LogP contribution in [0.1, 0.15) is 57.2 Å². The van der Waals surface area contributed by atoms with Crippen molar-refractivity contribution in [3.8, 4) is 0 Å². The van der Waals surface area contributed by atoms with E-state index in [9.17, 15) is 9.59 Å². The Kier molecular flexibility index (Phi) is 82.1. The largest absolute Gasteiger partial charge is 0.343 e. The highest BCUT2D eigenvalue weighted by molar-refractivity contribution is 8.83. The summed E-state index contributed by atoms with van der Waals surface area (Å²) in [4.78, 5) is 31.4. The van der Waals surface area contributed by atoms with E-state index in [4.69, 9.17) is 45.6 Å². The normalized spacial score (nSPS) is 12.9. The number of benzene rings is 2. The Bertz CT molecular complexity index is 5820. The van der Waals surface area contributed by atoms with E-state index in [2.05, 4.69) is 47.9 Å². The number of amides is 2. The van der Waals surface area contributed by atoms with E-state index in [0.717, 1.165) is 42.5 Å². The Morgan fingerprint density at radius 3 is 0.784 bits per heavy atom. The summed E-state index contributed by atoms with van der Waals surface area (Å²) in [7, 11) is 108. The molecule has 0 aromatic heterocycles. The van der Waals surface area contributed by atoms with Gasteiger partial charge in [-0.05, 0) is 68.0 Å². The Balaban J connectivity index is 0.000000583. The summed E-state index contributed by atoms with van der Waals surface area (Å²) >= 11 is 22.0. The summed E-state index contributed by atoms with van der Waals surface area (Å²) in [5.74, 6) is 0.721. The fourth-order valence-electron chi connectivity index (χ4n) is 6.20. The molecule has 4 rings (SSSR count). The first-order valence-electron chi connectivity index (χ1n) is 22.7. The molecule has 69 heteroatoms. The number of nitrogens with zero attached hydrogens (tertiary/aromatic N) is 3. The second-order valence-corrected chi connectivity index (χ2v) is 121. The molecular weight excluding hydrogens is 2470 g/mol. The maximum atomic E-state index is 13.3. The molecule has 2 aromatic rings. The summed E-state index contributed by atoms with van der Waals surface area (Å²) in [6.07, 6.45) is 2.38. The Morgan fingerprint density at radius 2 is 0.577 bits per heavy atom. The van der Waals surface area contributed by atoms with Gasteiger partial charge >= 0.3 is 0 Å². The molecule has 2 aliphatic heterocycles. The smallest absolute Gasteiger partial charge is 0.223 e. The van der Waals surface area contributed by atoms with Crippen LogP contribution in [0.5, 0.6) is 0 Å². The minimum Gasteiger partial charge on any atom is -0.343 e. The van der Waals surface area contributed by atoms with Crippen LogP contribution in [0.15, 0.2) is 48.5 Å². The third-order valence-electron chi connectivity index (χ3n) is 9.22. The van der Waals surface area contributed by atoms with Gasteiger partial charge in [0.2, 0.25) is 11.8 Å². The van der Waals surface area contributed by atoms with E-state index in [1.165, 1.54) is 28.9 Å². The van der Waals surface area contributed by atoms with Gasteiger partial charge in [0.15, 0.2) is 0 Å². The van der Waals surface area contributed by atoms with Crippen molar-refractivity contribution in [2.45, 2.75) is 58.2 Å². The average molecular weight is 2500 g/mol. The standard InChI is InChI=1S/C28H35Cl2N3O2.S62/c1-19-18-33(28(23-4-8-25(29)9-5-23)24-6-10-26(30)11-7-24)20(2)17-32(19)27(35)16-22-12-14-31(15-13-22)21(3)34;1-3-5-7-9-11-13-15-17-19-21-23-25-27-29-31-33-35-37-39-41-43-45-47-49-51-53-55-57-59-61-62-60-58-56-54-52-50-48-46-44-42-40-38-36-34-32-30-28-26-24-22-20-18-16-14-12-10-8-6-4-2/h4-11,19-20,22,28H,12-18H2,1-3H3;/t19-,20+;/m0./s1. The highest BCUT2D eigenvalue weighted by Crippen LogP contribution is 2.35.